The summed E-state index contributed by atoms with van der Waals surface area (Å²) in [6, 6.07) is 17.8. The van der Waals surface area contributed by atoms with Crippen molar-refractivity contribution in [2.75, 3.05) is 18.0 Å². The van der Waals surface area contributed by atoms with Gasteiger partial charge in [-0.25, -0.2) is 8.42 Å². The minimum absolute atomic E-state index is 0.112. The largest absolute Gasteiger partial charge is 0.495 e. The van der Waals surface area contributed by atoms with Gasteiger partial charge in [-0.1, -0.05) is 54.4 Å². The summed E-state index contributed by atoms with van der Waals surface area (Å²) in [5.41, 5.74) is 5.37. The van der Waals surface area contributed by atoms with Crippen molar-refractivity contribution in [3.63, 3.8) is 0 Å². The Kier molecular flexibility index (Phi) is 8.22. The van der Waals surface area contributed by atoms with E-state index >= 15 is 0 Å². The summed E-state index contributed by atoms with van der Waals surface area (Å²) < 4.78 is 34.1. The third kappa shape index (κ3) is 6.03. The van der Waals surface area contributed by atoms with Gasteiger partial charge in [0.25, 0.3) is 10.0 Å². The highest BCUT2D eigenvalue weighted by molar-refractivity contribution is 7.92. The first kappa shape index (κ1) is 26.3. The number of ether oxygens (including phenoxy) is 1. The lowest BCUT2D eigenvalue weighted by atomic mass is 9.97. The fourth-order valence-electron chi connectivity index (χ4n) is 4.12. The van der Waals surface area contributed by atoms with E-state index in [2.05, 4.69) is 11.4 Å². The quantitative estimate of drug-likeness (QED) is 0.433. The molecular formula is C28H34N2O4S. The SMILES string of the molecule is CCC(NC(=O)CN(c1cc(C)ccc1OC)S(=O)(=O)c1ccc(C)cc1)c1ccc(C)cc1C. The first-order valence-electron chi connectivity index (χ1n) is 11.7. The van der Waals surface area contributed by atoms with Gasteiger partial charge in [0.05, 0.1) is 23.7 Å². The Morgan fingerprint density at radius 2 is 1.51 bits per heavy atom. The zero-order valence-electron chi connectivity index (χ0n) is 21.3. The maximum absolute atomic E-state index is 13.8. The molecule has 7 heteroatoms. The molecule has 0 aromatic heterocycles. The highest BCUT2D eigenvalue weighted by Crippen LogP contribution is 2.33. The van der Waals surface area contributed by atoms with Gasteiger partial charge in [-0.3, -0.25) is 9.10 Å². The summed E-state index contributed by atoms with van der Waals surface area (Å²) in [7, 11) is -2.56. The summed E-state index contributed by atoms with van der Waals surface area (Å²) in [5, 5.41) is 3.04. The van der Waals surface area contributed by atoms with Crippen LogP contribution in [0.1, 0.15) is 47.2 Å². The molecule has 0 radical (unpaired) electrons. The Morgan fingerprint density at radius 1 is 0.914 bits per heavy atom. The number of methoxy groups -OCH3 is 1. The zero-order chi connectivity index (χ0) is 25.8. The number of anilines is 1. The molecule has 3 rings (SSSR count). The van der Waals surface area contributed by atoms with Crippen LogP contribution in [0.25, 0.3) is 0 Å². The molecule has 186 valence electrons. The van der Waals surface area contributed by atoms with Gasteiger partial charge in [0.1, 0.15) is 12.3 Å². The second-order valence-electron chi connectivity index (χ2n) is 8.89. The van der Waals surface area contributed by atoms with Gasteiger partial charge in [-0.2, -0.15) is 0 Å². The van der Waals surface area contributed by atoms with Crippen molar-refractivity contribution in [3.8, 4) is 5.75 Å². The number of nitrogens with zero attached hydrogens (tertiary/aromatic N) is 1. The number of carbonyl (C=O) groups is 1. The summed E-state index contributed by atoms with van der Waals surface area (Å²) >= 11 is 0. The average molecular weight is 495 g/mol. The first-order chi connectivity index (χ1) is 16.6. The fraction of sp³-hybridized carbons (Fsp3) is 0.321. The van der Waals surface area contributed by atoms with Gasteiger partial charge in [0.15, 0.2) is 0 Å². The third-order valence-electron chi connectivity index (χ3n) is 6.04. The van der Waals surface area contributed by atoms with Crippen LogP contribution < -0.4 is 14.4 Å². The van der Waals surface area contributed by atoms with E-state index in [-0.39, 0.29) is 17.5 Å². The van der Waals surface area contributed by atoms with Crippen LogP contribution in [0.3, 0.4) is 0 Å². The number of amides is 1. The standard InChI is InChI=1S/C28H34N2O4S/c1-7-25(24-14-10-20(3)16-22(24)5)29-28(31)18-30(26-17-21(4)11-15-27(26)34-6)35(32,33)23-12-8-19(2)9-13-23/h8-17,25H,7,18H2,1-6H3,(H,29,31). The number of benzene rings is 3. The van der Waals surface area contributed by atoms with Crippen LogP contribution >= 0.6 is 0 Å². The number of aryl methyl sites for hydroxylation is 4. The van der Waals surface area contributed by atoms with Crippen LogP contribution in [0.5, 0.6) is 5.75 Å². The van der Waals surface area contributed by atoms with E-state index in [0.717, 1.165) is 32.1 Å². The summed E-state index contributed by atoms with van der Waals surface area (Å²) in [5.74, 6) is -0.0171. The van der Waals surface area contributed by atoms with Gasteiger partial charge in [-0.15, -0.1) is 0 Å². The van der Waals surface area contributed by atoms with Crippen LogP contribution in [-0.4, -0.2) is 28.0 Å². The fourth-order valence-corrected chi connectivity index (χ4v) is 5.54. The molecule has 0 aliphatic heterocycles. The van der Waals surface area contributed by atoms with Gasteiger partial charge in [0, 0.05) is 0 Å². The second-order valence-corrected chi connectivity index (χ2v) is 10.8. The lowest BCUT2D eigenvalue weighted by molar-refractivity contribution is -0.120. The molecule has 0 saturated carbocycles. The predicted molar refractivity (Wildman–Crippen MR) is 141 cm³/mol. The first-order valence-corrected chi connectivity index (χ1v) is 13.1. The summed E-state index contributed by atoms with van der Waals surface area (Å²) in [6.07, 6.45) is 0.675. The van der Waals surface area contributed by atoms with E-state index in [1.165, 1.54) is 7.11 Å². The van der Waals surface area contributed by atoms with Gasteiger partial charge in [0.2, 0.25) is 5.91 Å². The maximum Gasteiger partial charge on any atom is 0.264 e. The molecule has 35 heavy (non-hydrogen) atoms. The molecule has 0 heterocycles. The molecule has 0 fully saturated rings. The smallest absolute Gasteiger partial charge is 0.264 e. The number of hydrogen-bond acceptors (Lipinski definition) is 4. The van der Waals surface area contributed by atoms with Crippen molar-refractivity contribution in [2.24, 2.45) is 0 Å². The van der Waals surface area contributed by atoms with Crippen molar-refractivity contribution >= 4 is 21.6 Å². The third-order valence-corrected chi connectivity index (χ3v) is 7.82. The minimum Gasteiger partial charge on any atom is -0.495 e. The molecule has 1 N–H and O–H groups in total. The highest BCUT2D eigenvalue weighted by Gasteiger charge is 2.30. The second kappa shape index (κ2) is 11.0. The van der Waals surface area contributed by atoms with E-state index in [1.807, 2.05) is 52.8 Å². The molecule has 1 amide bonds. The van der Waals surface area contributed by atoms with Crippen LogP contribution in [0, 0.1) is 27.7 Å². The van der Waals surface area contributed by atoms with Crippen LogP contribution in [0.15, 0.2) is 65.6 Å². The topological polar surface area (TPSA) is 75.7 Å². The molecule has 0 bridgehead atoms. The monoisotopic (exact) mass is 494 g/mol. The Bertz CT molecular complexity index is 1300. The molecule has 0 aliphatic carbocycles. The number of rotatable bonds is 9. The van der Waals surface area contributed by atoms with Crippen molar-refractivity contribution in [3.05, 3.63) is 88.5 Å². The maximum atomic E-state index is 13.8. The van der Waals surface area contributed by atoms with Gasteiger partial charge in [-0.05, 0) is 75.1 Å². The van der Waals surface area contributed by atoms with Crippen LogP contribution in [-0.2, 0) is 14.8 Å². The molecule has 1 unspecified atom stereocenters. The molecule has 1 atom stereocenters. The van der Waals surface area contributed by atoms with Crippen molar-refractivity contribution < 1.29 is 17.9 Å². The van der Waals surface area contributed by atoms with Crippen molar-refractivity contribution in [2.45, 2.75) is 52.0 Å². The van der Waals surface area contributed by atoms with Crippen LogP contribution in [0.4, 0.5) is 5.69 Å². The summed E-state index contributed by atoms with van der Waals surface area (Å²) in [4.78, 5) is 13.4. The lowest BCUT2D eigenvalue weighted by Gasteiger charge is -2.27. The molecule has 0 saturated heterocycles. The Hall–Kier alpha value is -3.32. The zero-order valence-corrected chi connectivity index (χ0v) is 22.1. The van der Waals surface area contributed by atoms with Gasteiger partial charge < -0.3 is 10.1 Å². The molecular weight excluding hydrogens is 460 g/mol. The van der Waals surface area contributed by atoms with Crippen LogP contribution in [0.2, 0.25) is 0 Å². The van der Waals surface area contributed by atoms with E-state index in [1.54, 1.807) is 36.4 Å². The lowest BCUT2D eigenvalue weighted by Crippen LogP contribution is -2.42. The van der Waals surface area contributed by atoms with Gasteiger partial charge >= 0.3 is 0 Å². The number of sulfonamides is 1. The van der Waals surface area contributed by atoms with E-state index in [9.17, 15) is 13.2 Å². The molecule has 0 spiro atoms. The Labute approximate surface area is 209 Å². The number of hydrogen-bond donors (Lipinski definition) is 1. The predicted octanol–water partition coefficient (Wildman–Crippen LogP) is 5.39. The normalized spacial score (nSPS) is 12.2. The Morgan fingerprint density at radius 3 is 2.11 bits per heavy atom. The van der Waals surface area contributed by atoms with E-state index in [4.69, 9.17) is 4.74 Å². The number of nitrogens with one attached hydrogen (secondary N) is 1. The molecule has 0 aliphatic rings. The molecule has 6 nitrogen and oxygen atoms in total. The van der Waals surface area contributed by atoms with Crippen molar-refractivity contribution in [1.29, 1.82) is 0 Å². The van der Waals surface area contributed by atoms with E-state index in [0.29, 0.717) is 17.9 Å². The van der Waals surface area contributed by atoms with E-state index < -0.39 is 15.9 Å². The van der Waals surface area contributed by atoms with Crippen molar-refractivity contribution in [1.82, 2.24) is 5.32 Å². The summed E-state index contributed by atoms with van der Waals surface area (Å²) in [6.45, 7) is 9.42. The number of carbonyl (C=O) groups excluding carboxylic acids is 1. The minimum atomic E-state index is -4.04. The highest BCUT2D eigenvalue weighted by atomic mass is 32.2. The Balaban J connectivity index is 2.00. The molecule has 3 aromatic rings. The molecule has 3 aromatic carbocycles. The average Bonchev–Trinajstić information content (AvgIpc) is 2.81.